The molecule has 0 saturated heterocycles. The number of ether oxygens (including phenoxy) is 1. The second kappa shape index (κ2) is 4.93. The van der Waals surface area contributed by atoms with Gasteiger partial charge in [0.25, 0.3) is 0 Å². The highest BCUT2D eigenvalue weighted by Crippen LogP contribution is 2.48. The van der Waals surface area contributed by atoms with E-state index < -0.39 is 17.9 Å². The SMILES string of the molecule is C[C@H](Oc1cc(C#N)ncc1C1(F)CCC1)C(F)(F)F. The number of nitriles is 1. The van der Waals surface area contributed by atoms with Crippen LogP contribution >= 0.6 is 0 Å². The third-order valence-corrected chi connectivity index (χ3v) is 3.37. The summed E-state index contributed by atoms with van der Waals surface area (Å²) in [6.45, 7) is 0.835. The first-order valence-electron chi connectivity index (χ1n) is 6.09. The number of alkyl halides is 4. The average molecular weight is 288 g/mol. The molecule has 1 aliphatic rings. The predicted octanol–water partition coefficient (Wildman–Crippen LogP) is 3.63. The first-order chi connectivity index (χ1) is 9.26. The fourth-order valence-electron chi connectivity index (χ4n) is 1.95. The molecular formula is C13H12F4N2O. The molecule has 1 atom stereocenters. The van der Waals surface area contributed by atoms with Gasteiger partial charge in [-0.1, -0.05) is 0 Å². The first kappa shape index (κ1) is 14.6. The Balaban J connectivity index is 2.36. The van der Waals surface area contributed by atoms with E-state index >= 15 is 0 Å². The second-order valence-corrected chi connectivity index (χ2v) is 4.80. The Morgan fingerprint density at radius 3 is 2.55 bits per heavy atom. The normalized spacial score (nSPS) is 18.8. The van der Waals surface area contributed by atoms with Crippen molar-refractivity contribution in [2.45, 2.75) is 44.1 Å². The number of aromatic nitrogens is 1. The Bertz CT molecular complexity index is 546. The van der Waals surface area contributed by atoms with Gasteiger partial charge in [0.2, 0.25) is 0 Å². The van der Waals surface area contributed by atoms with E-state index in [4.69, 9.17) is 10.00 Å². The maximum atomic E-state index is 14.4. The van der Waals surface area contributed by atoms with Crippen LogP contribution in [0.2, 0.25) is 0 Å². The van der Waals surface area contributed by atoms with Crippen LogP contribution in [-0.2, 0) is 5.67 Å². The van der Waals surface area contributed by atoms with Gasteiger partial charge in [-0.2, -0.15) is 18.4 Å². The van der Waals surface area contributed by atoms with E-state index in [1.165, 1.54) is 0 Å². The molecule has 7 heteroatoms. The van der Waals surface area contributed by atoms with Crippen molar-refractivity contribution in [3.05, 3.63) is 23.5 Å². The third kappa shape index (κ3) is 2.69. The number of hydrogen-bond donors (Lipinski definition) is 0. The Morgan fingerprint density at radius 1 is 1.45 bits per heavy atom. The van der Waals surface area contributed by atoms with Gasteiger partial charge in [0.05, 0.1) is 0 Å². The quantitative estimate of drug-likeness (QED) is 0.798. The zero-order chi connectivity index (χ0) is 15.0. The summed E-state index contributed by atoms with van der Waals surface area (Å²) in [6, 6.07) is 2.75. The molecule has 20 heavy (non-hydrogen) atoms. The van der Waals surface area contributed by atoms with Crippen LogP contribution in [0, 0.1) is 11.3 Å². The van der Waals surface area contributed by atoms with Gasteiger partial charge in [-0.15, -0.1) is 0 Å². The molecule has 1 fully saturated rings. The van der Waals surface area contributed by atoms with Crippen molar-refractivity contribution in [2.24, 2.45) is 0 Å². The molecule has 3 nitrogen and oxygen atoms in total. The smallest absolute Gasteiger partial charge is 0.425 e. The minimum atomic E-state index is -4.56. The lowest BCUT2D eigenvalue weighted by atomic mass is 9.77. The zero-order valence-electron chi connectivity index (χ0n) is 10.7. The molecule has 0 amide bonds. The van der Waals surface area contributed by atoms with Crippen molar-refractivity contribution in [3.8, 4) is 11.8 Å². The fraction of sp³-hybridized carbons (Fsp3) is 0.538. The van der Waals surface area contributed by atoms with Crippen LogP contribution in [0.3, 0.4) is 0 Å². The Kier molecular flexibility index (Phi) is 3.59. The molecule has 0 aliphatic heterocycles. The van der Waals surface area contributed by atoms with Crippen LogP contribution in [-0.4, -0.2) is 17.3 Å². The van der Waals surface area contributed by atoms with Crippen molar-refractivity contribution >= 4 is 0 Å². The highest BCUT2D eigenvalue weighted by atomic mass is 19.4. The van der Waals surface area contributed by atoms with Crippen LogP contribution in [0.5, 0.6) is 5.75 Å². The van der Waals surface area contributed by atoms with E-state index in [9.17, 15) is 17.6 Å². The molecule has 1 aliphatic carbocycles. The highest BCUT2D eigenvalue weighted by Gasteiger charge is 2.43. The minimum absolute atomic E-state index is 0.0150. The van der Waals surface area contributed by atoms with E-state index in [0.29, 0.717) is 6.42 Å². The number of rotatable bonds is 3. The van der Waals surface area contributed by atoms with Gasteiger partial charge in [-0.25, -0.2) is 9.37 Å². The van der Waals surface area contributed by atoms with Gasteiger partial charge in [0.15, 0.2) is 6.10 Å². The molecule has 0 spiro atoms. The van der Waals surface area contributed by atoms with Crippen molar-refractivity contribution in [3.63, 3.8) is 0 Å². The van der Waals surface area contributed by atoms with E-state index in [1.807, 2.05) is 0 Å². The molecular weight excluding hydrogens is 276 g/mol. The zero-order valence-corrected chi connectivity index (χ0v) is 10.7. The summed E-state index contributed by atoms with van der Waals surface area (Å²) in [5.41, 5.74) is -1.83. The lowest BCUT2D eigenvalue weighted by Gasteiger charge is -2.35. The summed E-state index contributed by atoms with van der Waals surface area (Å²) in [5.74, 6) is -0.261. The van der Waals surface area contributed by atoms with Gasteiger partial charge in [-0.05, 0) is 26.2 Å². The summed E-state index contributed by atoms with van der Waals surface area (Å²) in [4.78, 5) is 3.71. The van der Waals surface area contributed by atoms with Crippen LogP contribution in [0.1, 0.15) is 37.4 Å². The monoisotopic (exact) mass is 288 g/mol. The Labute approximate surface area is 113 Å². The van der Waals surface area contributed by atoms with Crippen molar-refractivity contribution in [1.82, 2.24) is 4.98 Å². The Hall–Kier alpha value is -1.84. The Morgan fingerprint density at radius 2 is 2.10 bits per heavy atom. The fourth-order valence-corrected chi connectivity index (χ4v) is 1.95. The van der Waals surface area contributed by atoms with Gasteiger partial charge in [-0.3, -0.25) is 0 Å². The topological polar surface area (TPSA) is 45.9 Å². The molecule has 1 heterocycles. The number of halogens is 4. The standard InChI is InChI=1S/C13H12F4N2O/c1-8(13(15,16)17)20-11-5-9(6-18)19-7-10(11)12(14)3-2-4-12/h5,7-8H,2-4H2,1H3/t8-/m0/s1. The molecule has 1 saturated carbocycles. The average Bonchev–Trinajstić information content (AvgIpc) is 2.34. The van der Waals surface area contributed by atoms with E-state index in [-0.39, 0.29) is 29.8 Å². The lowest BCUT2D eigenvalue weighted by molar-refractivity contribution is -0.189. The third-order valence-electron chi connectivity index (χ3n) is 3.37. The minimum Gasteiger partial charge on any atom is -0.481 e. The van der Waals surface area contributed by atoms with Crippen molar-refractivity contribution in [2.75, 3.05) is 0 Å². The number of nitrogens with zero attached hydrogens (tertiary/aromatic N) is 2. The number of pyridine rings is 1. The summed E-state index contributed by atoms with van der Waals surface area (Å²) in [5, 5.41) is 8.74. The molecule has 108 valence electrons. The van der Waals surface area contributed by atoms with Crippen LogP contribution in [0.4, 0.5) is 17.6 Å². The van der Waals surface area contributed by atoms with E-state index in [2.05, 4.69) is 4.98 Å². The number of hydrogen-bond acceptors (Lipinski definition) is 3. The van der Waals surface area contributed by atoms with Gasteiger partial charge < -0.3 is 4.74 Å². The summed E-state index contributed by atoms with van der Waals surface area (Å²) >= 11 is 0. The molecule has 0 aromatic carbocycles. The summed E-state index contributed by atoms with van der Waals surface area (Å²) in [6.07, 6.45) is -4.45. The maximum absolute atomic E-state index is 14.4. The molecule has 1 aromatic rings. The molecule has 0 unspecified atom stereocenters. The molecule has 0 N–H and O–H groups in total. The first-order valence-corrected chi connectivity index (χ1v) is 6.09. The van der Waals surface area contributed by atoms with Gasteiger partial charge in [0, 0.05) is 17.8 Å². The lowest BCUT2D eigenvalue weighted by Crippen LogP contribution is -2.34. The molecule has 0 radical (unpaired) electrons. The molecule has 2 rings (SSSR count). The summed E-state index contributed by atoms with van der Waals surface area (Å²) < 4.78 is 56.8. The molecule has 0 bridgehead atoms. The van der Waals surface area contributed by atoms with Crippen LogP contribution < -0.4 is 4.74 Å². The van der Waals surface area contributed by atoms with Crippen molar-refractivity contribution < 1.29 is 22.3 Å². The van der Waals surface area contributed by atoms with Crippen LogP contribution in [0.15, 0.2) is 12.3 Å². The van der Waals surface area contributed by atoms with Crippen molar-refractivity contribution in [1.29, 1.82) is 5.26 Å². The van der Waals surface area contributed by atoms with E-state index in [1.54, 1.807) is 6.07 Å². The van der Waals surface area contributed by atoms with Gasteiger partial charge in [0.1, 0.15) is 23.2 Å². The highest BCUT2D eigenvalue weighted by molar-refractivity contribution is 5.42. The van der Waals surface area contributed by atoms with E-state index in [0.717, 1.165) is 19.2 Å². The second-order valence-electron chi connectivity index (χ2n) is 4.80. The largest absolute Gasteiger partial charge is 0.481 e. The maximum Gasteiger partial charge on any atom is 0.425 e. The predicted molar refractivity (Wildman–Crippen MR) is 61.7 cm³/mol. The van der Waals surface area contributed by atoms with Crippen LogP contribution in [0.25, 0.3) is 0 Å². The van der Waals surface area contributed by atoms with Gasteiger partial charge >= 0.3 is 6.18 Å². The molecule has 1 aromatic heterocycles. The summed E-state index contributed by atoms with van der Waals surface area (Å²) in [7, 11) is 0.